The van der Waals surface area contributed by atoms with E-state index in [1.165, 1.54) is 0 Å². The molecule has 0 radical (unpaired) electrons. The summed E-state index contributed by atoms with van der Waals surface area (Å²) in [5, 5.41) is 10.9. The number of carbonyl (C=O) groups excluding carboxylic acids is 1. The Morgan fingerprint density at radius 1 is 1.00 bits per heavy atom. The zero-order chi connectivity index (χ0) is 20.1. The molecule has 0 aliphatic carbocycles. The van der Waals surface area contributed by atoms with Crippen LogP contribution in [0.15, 0.2) is 65.1 Å². The van der Waals surface area contributed by atoms with Gasteiger partial charge in [0.05, 0.1) is 13.7 Å². The van der Waals surface area contributed by atoms with Gasteiger partial charge in [0.2, 0.25) is 0 Å². The third-order valence-electron chi connectivity index (χ3n) is 4.48. The smallest absolute Gasteiger partial charge is 0.342 e. The maximum Gasteiger partial charge on any atom is 0.342 e. The number of halogens is 1. The Morgan fingerprint density at radius 2 is 1.71 bits per heavy atom. The number of benzene rings is 3. The minimum atomic E-state index is -0.542. The first-order valence-electron chi connectivity index (χ1n) is 8.95. The summed E-state index contributed by atoms with van der Waals surface area (Å²) in [4.78, 5) is 12.6. The van der Waals surface area contributed by atoms with Gasteiger partial charge in [-0.05, 0) is 47.4 Å². The molecule has 0 aromatic heterocycles. The van der Waals surface area contributed by atoms with E-state index in [0.29, 0.717) is 17.5 Å². The molecule has 0 fully saturated rings. The van der Waals surface area contributed by atoms with Gasteiger partial charge in [0.1, 0.15) is 17.1 Å². The monoisotopic (exact) mass is 440 g/mol. The molecule has 144 valence electrons. The van der Waals surface area contributed by atoms with Gasteiger partial charge >= 0.3 is 5.97 Å². The highest BCUT2D eigenvalue weighted by molar-refractivity contribution is 9.10. The third kappa shape index (κ3) is 4.20. The number of ether oxygens (including phenoxy) is 2. The summed E-state index contributed by atoms with van der Waals surface area (Å²) in [5.74, 6) is 0.124. The Morgan fingerprint density at radius 3 is 2.36 bits per heavy atom. The van der Waals surface area contributed by atoms with Gasteiger partial charge in [-0.15, -0.1) is 0 Å². The van der Waals surface area contributed by atoms with Crippen LogP contribution in [0.2, 0.25) is 0 Å². The summed E-state index contributed by atoms with van der Waals surface area (Å²) in [7, 11) is 1.60. The molecule has 0 unspecified atom stereocenters. The molecule has 0 amide bonds. The van der Waals surface area contributed by atoms with Crippen LogP contribution in [-0.4, -0.2) is 24.8 Å². The molecule has 0 aliphatic heterocycles. The minimum Gasteiger partial charge on any atom is -0.507 e. The fraction of sp³-hybridized carbons (Fsp3) is 0.174. The zero-order valence-electron chi connectivity index (χ0n) is 15.7. The van der Waals surface area contributed by atoms with E-state index in [2.05, 4.69) is 15.9 Å². The van der Waals surface area contributed by atoms with Crippen LogP contribution >= 0.6 is 15.9 Å². The minimum absolute atomic E-state index is 0.0532. The van der Waals surface area contributed by atoms with E-state index in [9.17, 15) is 9.90 Å². The van der Waals surface area contributed by atoms with Crippen LogP contribution in [0.25, 0.3) is 11.1 Å². The van der Waals surface area contributed by atoms with Crippen LogP contribution in [0.4, 0.5) is 0 Å². The van der Waals surface area contributed by atoms with E-state index in [1.807, 2.05) is 60.7 Å². The summed E-state index contributed by atoms with van der Waals surface area (Å²) in [6, 6.07) is 18.8. The molecule has 0 bridgehead atoms. The lowest BCUT2D eigenvalue weighted by Crippen LogP contribution is -2.08. The van der Waals surface area contributed by atoms with Gasteiger partial charge < -0.3 is 14.6 Å². The summed E-state index contributed by atoms with van der Waals surface area (Å²) < 4.78 is 11.4. The number of esters is 1. The van der Waals surface area contributed by atoms with Gasteiger partial charge in [0, 0.05) is 10.9 Å². The number of hydrogen-bond acceptors (Lipinski definition) is 4. The molecular formula is C23H21BrO4. The van der Waals surface area contributed by atoms with Crippen LogP contribution in [0.1, 0.15) is 28.4 Å². The Balaban J connectivity index is 2.09. The molecule has 3 aromatic carbocycles. The van der Waals surface area contributed by atoms with E-state index in [1.54, 1.807) is 14.0 Å². The van der Waals surface area contributed by atoms with Crippen molar-refractivity contribution in [3.05, 3.63) is 81.8 Å². The second-order valence-electron chi connectivity index (χ2n) is 6.21. The highest BCUT2D eigenvalue weighted by Gasteiger charge is 2.22. The van der Waals surface area contributed by atoms with E-state index in [0.717, 1.165) is 21.3 Å². The van der Waals surface area contributed by atoms with E-state index >= 15 is 0 Å². The molecule has 28 heavy (non-hydrogen) atoms. The second kappa shape index (κ2) is 8.93. The average molecular weight is 441 g/mol. The summed E-state index contributed by atoms with van der Waals surface area (Å²) in [6.07, 6.45) is 0.489. The van der Waals surface area contributed by atoms with Crippen LogP contribution in [0, 0.1) is 0 Å². The van der Waals surface area contributed by atoms with Crippen molar-refractivity contribution in [1.82, 2.24) is 0 Å². The Kier molecular flexibility index (Phi) is 6.37. The van der Waals surface area contributed by atoms with Crippen molar-refractivity contribution in [1.29, 1.82) is 0 Å². The third-order valence-corrected chi connectivity index (χ3v) is 5.25. The van der Waals surface area contributed by atoms with Gasteiger partial charge in [-0.1, -0.05) is 58.4 Å². The van der Waals surface area contributed by atoms with Crippen molar-refractivity contribution >= 4 is 21.9 Å². The first kappa shape index (κ1) is 20.0. The van der Waals surface area contributed by atoms with Crippen molar-refractivity contribution < 1.29 is 19.4 Å². The number of phenolic OH excluding ortho intramolecular Hbond substituents is 1. The Bertz CT molecular complexity index is 980. The maximum atomic E-state index is 12.6. The first-order valence-corrected chi connectivity index (χ1v) is 9.74. The molecule has 0 heterocycles. The lowest BCUT2D eigenvalue weighted by molar-refractivity contribution is 0.0524. The normalized spacial score (nSPS) is 10.5. The molecule has 0 aliphatic rings. The SMILES string of the molecule is CCOC(=O)c1c(-c2ccc(OC)cc2)ccc(Cc2ccccc2Br)c1O. The van der Waals surface area contributed by atoms with Gasteiger partial charge in [-0.2, -0.15) is 0 Å². The standard InChI is InChI=1S/C23H21BrO4/c1-3-28-23(26)21-19(15-8-11-18(27-2)12-9-15)13-10-17(22(21)25)14-16-6-4-5-7-20(16)24/h4-13,25H,3,14H2,1-2H3. The van der Waals surface area contributed by atoms with Crippen LogP contribution < -0.4 is 4.74 Å². The van der Waals surface area contributed by atoms with Crippen LogP contribution in [0.3, 0.4) is 0 Å². The van der Waals surface area contributed by atoms with Gasteiger partial charge in [-0.25, -0.2) is 4.79 Å². The number of aromatic hydroxyl groups is 1. The van der Waals surface area contributed by atoms with E-state index in [4.69, 9.17) is 9.47 Å². The van der Waals surface area contributed by atoms with E-state index < -0.39 is 5.97 Å². The molecule has 0 atom stereocenters. The molecule has 3 rings (SSSR count). The second-order valence-corrected chi connectivity index (χ2v) is 7.07. The summed E-state index contributed by atoms with van der Waals surface area (Å²) in [6.45, 7) is 1.97. The predicted octanol–water partition coefficient (Wildman–Crippen LogP) is 5.60. The fourth-order valence-corrected chi connectivity index (χ4v) is 3.47. The molecule has 3 aromatic rings. The number of rotatable bonds is 6. The van der Waals surface area contributed by atoms with E-state index in [-0.39, 0.29) is 17.9 Å². The van der Waals surface area contributed by atoms with Gasteiger partial charge in [0.15, 0.2) is 0 Å². The van der Waals surface area contributed by atoms with Gasteiger partial charge in [0.25, 0.3) is 0 Å². The molecule has 1 N–H and O–H groups in total. The molecule has 4 nitrogen and oxygen atoms in total. The lowest BCUT2D eigenvalue weighted by Gasteiger charge is -2.15. The summed E-state index contributed by atoms with van der Waals surface area (Å²) >= 11 is 3.53. The molecule has 0 saturated carbocycles. The highest BCUT2D eigenvalue weighted by atomic mass is 79.9. The first-order chi connectivity index (χ1) is 13.5. The molecular weight excluding hydrogens is 420 g/mol. The van der Waals surface area contributed by atoms with Crippen molar-refractivity contribution in [2.24, 2.45) is 0 Å². The average Bonchev–Trinajstić information content (AvgIpc) is 2.71. The molecule has 0 spiro atoms. The van der Waals surface area contributed by atoms with Crippen molar-refractivity contribution in [3.63, 3.8) is 0 Å². The van der Waals surface area contributed by atoms with Crippen LogP contribution in [0.5, 0.6) is 11.5 Å². The van der Waals surface area contributed by atoms with Crippen molar-refractivity contribution in [2.75, 3.05) is 13.7 Å². The Labute approximate surface area is 172 Å². The number of carbonyl (C=O) groups is 1. The van der Waals surface area contributed by atoms with Crippen molar-refractivity contribution in [3.8, 4) is 22.6 Å². The highest BCUT2D eigenvalue weighted by Crippen LogP contribution is 2.36. The van der Waals surface area contributed by atoms with Gasteiger partial charge in [-0.3, -0.25) is 0 Å². The van der Waals surface area contributed by atoms with Crippen molar-refractivity contribution in [2.45, 2.75) is 13.3 Å². The lowest BCUT2D eigenvalue weighted by atomic mass is 9.93. The topological polar surface area (TPSA) is 55.8 Å². The summed E-state index contributed by atoms with van der Waals surface area (Å²) in [5.41, 5.74) is 3.27. The fourth-order valence-electron chi connectivity index (χ4n) is 3.04. The number of phenols is 1. The predicted molar refractivity (Wildman–Crippen MR) is 113 cm³/mol. The molecule has 5 heteroatoms. The zero-order valence-corrected chi connectivity index (χ0v) is 17.3. The number of hydrogen-bond donors (Lipinski definition) is 1. The van der Waals surface area contributed by atoms with Crippen LogP contribution in [-0.2, 0) is 11.2 Å². The maximum absolute atomic E-state index is 12.6. The number of methoxy groups -OCH3 is 1. The molecule has 0 saturated heterocycles. The quantitative estimate of drug-likeness (QED) is 0.506. The largest absolute Gasteiger partial charge is 0.507 e. The Hall–Kier alpha value is -2.79.